The number of benzene rings is 1. The standard InChI is InChI=1S/C19H19N5/c1-14-11-16-6-2-3-7-17(16)24(14)18-8-10-21-19(23-18)22-13-15-5-4-9-20-12-15/h2-10,12,14H,11,13H2,1H3,(H,21,22,23). The van der Waals surface area contributed by atoms with Crippen LogP contribution in [0.2, 0.25) is 0 Å². The van der Waals surface area contributed by atoms with E-state index in [-0.39, 0.29) is 0 Å². The van der Waals surface area contributed by atoms with Crippen LogP contribution < -0.4 is 10.2 Å². The number of anilines is 3. The van der Waals surface area contributed by atoms with Crippen LogP contribution >= 0.6 is 0 Å². The maximum absolute atomic E-state index is 4.70. The van der Waals surface area contributed by atoms with E-state index in [0.717, 1.165) is 17.8 Å². The van der Waals surface area contributed by atoms with Gasteiger partial charge in [0.05, 0.1) is 0 Å². The van der Waals surface area contributed by atoms with Gasteiger partial charge >= 0.3 is 0 Å². The van der Waals surface area contributed by atoms with Crippen molar-refractivity contribution >= 4 is 17.5 Å². The number of fused-ring (bicyclic) bond motifs is 1. The summed E-state index contributed by atoms with van der Waals surface area (Å²) in [5.41, 5.74) is 3.71. The molecule has 1 N–H and O–H groups in total. The second-order valence-electron chi connectivity index (χ2n) is 6.01. The van der Waals surface area contributed by atoms with Crippen molar-refractivity contribution < 1.29 is 0 Å². The third-order valence-corrected chi connectivity index (χ3v) is 4.27. The molecule has 0 fully saturated rings. The van der Waals surface area contributed by atoms with Crippen LogP contribution in [0.25, 0.3) is 0 Å². The minimum absolute atomic E-state index is 0.392. The first-order valence-electron chi connectivity index (χ1n) is 8.14. The zero-order valence-electron chi connectivity index (χ0n) is 13.6. The monoisotopic (exact) mass is 317 g/mol. The topological polar surface area (TPSA) is 53.9 Å². The van der Waals surface area contributed by atoms with Crippen molar-refractivity contribution in [3.8, 4) is 0 Å². The largest absolute Gasteiger partial charge is 0.350 e. The molecule has 1 atom stereocenters. The van der Waals surface area contributed by atoms with E-state index in [0.29, 0.717) is 18.5 Å². The molecule has 120 valence electrons. The molecule has 3 aromatic rings. The van der Waals surface area contributed by atoms with Crippen molar-refractivity contribution in [2.45, 2.75) is 25.9 Å². The van der Waals surface area contributed by atoms with Crippen molar-refractivity contribution in [3.63, 3.8) is 0 Å². The summed E-state index contributed by atoms with van der Waals surface area (Å²) in [5, 5.41) is 3.27. The van der Waals surface area contributed by atoms with Gasteiger partial charge in [-0.15, -0.1) is 0 Å². The summed E-state index contributed by atoms with van der Waals surface area (Å²) in [6, 6.07) is 14.8. The van der Waals surface area contributed by atoms with Crippen LogP contribution in [0, 0.1) is 0 Å². The summed E-state index contributed by atoms with van der Waals surface area (Å²) in [4.78, 5) is 15.4. The summed E-state index contributed by atoms with van der Waals surface area (Å²) < 4.78 is 0. The highest BCUT2D eigenvalue weighted by Crippen LogP contribution is 2.37. The van der Waals surface area contributed by atoms with Crippen LogP contribution in [-0.2, 0) is 13.0 Å². The van der Waals surface area contributed by atoms with E-state index >= 15 is 0 Å². The lowest BCUT2D eigenvalue weighted by Crippen LogP contribution is -2.25. The number of aromatic nitrogens is 3. The number of nitrogens with one attached hydrogen (secondary N) is 1. The molecule has 24 heavy (non-hydrogen) atoms. The van der Waals surface area contributed by atoms with Crippen molar-refractivity contribution in [2.24, 2.45) is 0 Å². The average molecular weight is 317 g/mol. The molecule has 2 aromatic heterocycles. The van der Waals surface area contributed by atoms with Gasteiger partial charge in [-0.1, -0.05) is 24.3 Å². The van der Waals surface area contributed by atoms with Crippen LogP contribution in [0.4, 0.5) is 17.5 Å². The van der Waals surface area contributed by atoms with Crippen LogP contribution in [0.15, 0.2) is 61.1 Å². The molecule has 1 unspecified atom stereocenters. The Morgan fingerprint density at radius 1 is 1.12 bits per heavy atom. The predicted molar refractivity (Wildman–Crippen MR) is 95.3 cm³/mol. The van der Waals surface area contributed by atoms with Crippen molar-refractivity contribution in [1.29, 1.82) is 0 Å². The zero-order chi connectivity index (χ0) is 16.4. The first kappa shape index (κ1) is 14.6. The number of para-hydroxylation sites is 1. The number of pyridine rings is 1. The van der Waals surface area contributed by atoms with E-state index in [1.165, 1.54) is 11.3 Å². The number of rotatable bonds is 4. The average Bonchev–Trinajstić information content (AvgIpc) is 2.97. The molecule has 5 nitrogen and oxygen atoms in total. The van der Waals surface area contributed by atoms with Gasteiger partial charge in [0, 0.05) is 36.9 Å². The Hall–Kier alpha value is -2.95. The Labute approximate surface area is 141 Å². The molecule has 0 radical (unpaired) electrons. The first-order valence-corrected chi connectivity index (χ1v) is 8.14. The molecule has 0 amide bonds. The minimum Gasteiger partial charge on any atom is -0.350 e. The highest BCUT2D eigenvalue weighted by molar-refractivity contribution is 5.69. The lowest BCUT2D eigenvalue weighted by Gasteiger charge is -2.24. The zero-order valence-corrected chi connectivity index (χ0v) is 13.6. The van der Waals surface area contributed by atoms with Gasteiger partial charge in [-0.05, 0) is 42.7 Å². The maximum atomic E-state index is 4.70. The maximum Gasteiger partial charge on any atom is 0.224 e. The lowest BCUT2D eigenvalue weighted by molar-refractivity contribution is 0.749. The Kier molecular flexibility index (Phi) is 3.83. The molecule has 1 aliphatic rings. The van der Waals surface area contributed by atoms with Crippen LogP contribution in [-0.4, -0.2) is 21.0 Å². The molecular weight excluding hydrogens is 298 g/mol. The summed E-state index contributed by atoms with van der Waals surface area (Å²) in [7, 11) is 0. The fraction of sp³-hybridized carbons (Fsp3) is 0.211. The third kappa shape index (κ3) is 2.80. The number of hydrogen-bond acceptors (Lipinski definition) is 5. The van der Waals surface area contributed by atoms with Crippen molar-refractivity contribution in [1.82, 2.24) is 15.0 Å². The Bertz CT molecular complexity index is 834. The summed E-state index contributed by atoms with van der Waals surface area (Å²) in [6.07, 6.45) is 6.46. The van der Waals surface area contributed by atoms with Crippen molar-refractivity contribution in [3.05, 3.63) is 72.2 Å². The molecule has 0 saturated carbocycles. The van der Waals surface area contributed by atoms with E-state index in [4.69, 9.17) is 4.98 Å². The molecule has 0 spiro atoms. The fourth-order valence-corrected chi connectivity index (χ4v) is 3.17. The van der Waals surface area contributed by atoms with Crippen molar-refractivity contribution in [2.75, 3.05) is 10.2 Å². The van der Waals surface area contributed by atoms with Gasteiger partial charge in [0.25, 0.3) is 0 Å². The second-order valence-corrected chi connectivity index (χ2v) is 6.01. The van der Waals surface area contributed by atoms with E-state index in [1.54, 1.807) is 6.20 Å². The summed E-state index contributed by atoms with van der Waals surface area (Å²) in [6.45, 7) is 2.88. The fourth-order valence-electron chi connectivity index (χ4n) is 3.17. The minimum atomic E-state index is 0.392. The molecule has 0 bridgehead atoms. The molecule has 5 heteroatoms. The first-order chi connectivity index (χ1) is 11.8. The van der Waals surface area contributed by atoms with E-state index in [1.807, 2.05) is 30.6 Å². The van der Waals surface area contributed by atoms with Crippen LogP contribution in [0.1, 0.15) is 18.1 Å². The SMILES string of the molecule is CC1Cc2ccccc2N1c1ccnc(NCc2cccnc2)n1. The lowest BCUT2D eigenvalue weighted by atomic mass is 10.1. The molecule has 1 aromatic carbocycles. The quantitative estimate of drug-likeness (QED) is 0.797. The molecule has 3 heterocycles. The Morgan fingerprint density at radius 3 is 2.92 bits per heavy atom. The molecule has 4 rings (SSSR count). The summed E-state index contributed by atoms with van der Waals surface area (Å²) in [5.74, 6) is 1.56. The van der Waals surface area contributed by atoms with Gasteiger partial charge in [-0.3, -0.25) is 4.98 Å². The Balaban J connectivity index is 1.57. The predicted octanol–water partition coefficient (Wildman–Crippen LogP) is 3.57. The van der Waals surface area contributed by atoms with Gasteiger partial charge in [0.1, 0.15) is 5.82 Å². The van der Waals surface area contributed by atoms with E-state index in [2.05, 4.69) is 51.4 Å². The van der Waals surface area contributed by atoms with E-state index in [9.17, 15) is 0 Å². The van der Waals surface area contributed by atoms with E-state index < -0.39 is 0 Å². The van der Waals surface area contributed by atoms with Gasteiger partial charge in [-0.2, -0.15) is 4.98 Å². The Morgan fingerprint density at radius 2 is 2.04 bits per heavy atom. The highest BCUT2D eigenvalue weighted by atomic mass is 15.3. The normalized spacial score (nSPS) is 16.0. The van der Waals surface area contributed by atoms with Gasteiger partial charge in [-0.25, -0.2) is 4.98 Å². The van der Waals surface area contributed by atoms with Gasteiger partial charge in [0.2, 0.25) is 5.95 Å². The molecule has 1 aliphatic heterocycles. The molecule has 0 aliphatic carbocycles. The highest BCUT2D eigenvalue weighted by Gasteiger charge is 2.27. The third-order valence-electron chi connectivity index (χ3n) is 4.27. The molecule has 0 saturated heterocycles. The smallest absolute Gasteiger partial charge is 0.224 e. The molecular formula is C19H19N5. The number of hydrogen-bond donors (Lipinski definition) is 1. The summed E-state index contributed by atoms with van der Waals surface area (Å²) >= 11 is 0. The van der Waals surface area contributed by atoms with Gasteiger partial charge in [0.15, 0.2) is 0 Å². The second kappa shape index (κ2) is 6.28. The number of nitrogens with zero attached hydrogens (tertiary/aromatic N) is 4. The van der Waals surface area contributed by atoms with Gasteiger partial charge < -0.3 is 10.2 Å². The van der Waals surface area contributed by atoms with Crippen LogP contribution in [0.3, 0.4) is 0 Å². The van der Waals surface area contributed by atoms with Crippen LogP contribution in [0.5, 0.6) is 0 Å².